The second-order valence-electron chi connectivity index (χ2n) is 5.46. The van der Waals surface area contributed by atoms with Gasteiger partial charge in [0.05, 0.1) is 12.5 Å². The second kappa shape index (κ2) is 6.12. The van der Waals surface area contributed by atoms with Crippen molar-refractivity contribution in [2.45, 2.75) is 6.92 Å². The number of furan rings is 1. The van der Waals surface area contributed by atoms with Crippen molar-refractivity contribution in [2.24, 2.45) is 0 Å². The minimum Gasteiger partial charge on any atom is -0.463 e. The molecule has 124 valence electrons. The fraction of sp³-hybridized carbons (Fsp3) is 0.0556. The molecule has 0 radical (unpaired) electrons. The van der Waals surface area contributed by atoms with E-state index in [1.807, 2.05) is 19.1 Å². The zero-order valence-electron chi connectivity index (χ0n) is 13.3. The number of H-pyrrole nitrogens is 1. The molecule has 0 fully saturated rings. The molecule has 1 aromatic carbocycles. The average Bonchev–Trinajstić information content (AvgIpc) is 3.36. The van der Waals surface area contributed by atoms with Crippen molar-refractivity contribution in [3.8, 4) is 22.9 Å². The molecule has 0 aliphatic rings. The predicted molar refractivity (Wildman–Crippen MR) is 90.9 cm³/mol. The maximum Gasteiger partial charge on any atom is 0.276 e. The normalized spacial score (nSPS) is 10.8. The molecule has 3 aromatic heterocycles. The minimum atomic E-state index is -0.324. The van der Waals surface area contributed by atoms with Gasteiger partial charge in [-0.3, -0.25) is 9.89 Å². The van der Waals surface area contributed by atoms with Gasteiger partial charge in [0.1, 0.15) is 11.5 Å². The highest BCUT2D eigenvalue weighted by molar-refractivity contribution is 6.03. The van der Waals surface area contributed by atoms with E-state index < -0.39 is 0 Å². The smallest absolute Gasteiger partial charge is 0.276 e. The summed E-state index contributed by atoms with van der Waals surface area (Å²) in [5, 5.41) is 9.62. The average molecular weight is 334 g/mol. The van der Waals surface area contributed by atoms with Crippen LogP contribution in [0, 0.1) is 6.92 Å². The fourth-order valence-corrected chi connectivity index (χ4v) is 2.41. The van der Waals surface area contributed by atoms with Crippen LogP contribution in [0.4, 0.5) is 5.69 Å². The first-order valence-electron chi connectivity index (χ1n) is 7.62. The monoisotopic (exact) mass is 334 g/mol. The standard InChI is InChI=1S/C18H14N4O3/c1-11-10-19-18(25-11)12-4-2-5-13(8-12)20-17(23)15-9-14(21-22-15)16-6-3-7-24-16/h2-10H,1H3,(H,20,23)(H,21,22). The van der Waals surface area contributed by atoms with Gasteiger partial charge in [0.15, 0.2) is 11.5 Å². The quantitative estimate of drug-likeness (QED) is 0.590. The third-order valence-corrected chi connectivity index (χ3v) is 3.59. The zero-order valence-corrected chi connectivity index (χ0v) is 13.3. The van der Waals surface area contributed by atoms with E-state index in [1.165, 1.54) is 0 Å². The summed E-state index contributed by atoms with van der Waals surface area (Å²) in [6, 6.07) is 12.5. The molecular weight excluding hydrogens is 320 g/mol. The highest BCUT2D eigenvalue weighted by Crippen LogP contribution is 2.23. The van der Waals surface area contributed by atoms with Crippen LogP contribution < -0.4 is 5.32 Å². The van der Waals surface area contributed by atoms with Crippen molar-refractivity contribution >= 4 is 11.6 Å². The van der Waals surface area contributed by atoms with Gasteiger partial charge in [-0.15, -0.1) is 0 Å². The van der Waals surface area contributed by atoms with E-state index in [4.69, 9.17) is 8.83 Å². The Labute approximate surface area is 142 Å². The molecular formula is C18H14N4O3. The number of anilines is 1. The van der Waals surface area contributed by atoms with Gasteiger partial charge < -0.3 is 14.2 Å². The Morgan fingerprint density at radius 3 is 2.88 bits per heavy atom. The molecule has 2 N–H and O–H groups in total. The molecule has 1 amide bonds. The lowest BCUT2D eigenvalue weighted by atomic mass is 10.2. The third-order valence-electron chi connectivity index (χ3n) is 3.59. The zero-order chi connectivity index (χ0) is 17.2. The van der Waals surface area contributed by atoms with Crippen LogP contribution in [-0.2, 0) is 0 Å². The third kappa shape index (κ3) is 3.07. The number of nitrogens with zero attached hydrogens (tertiary/aromatic N) is 2. The molecule has 0 atom stereocenters. The van der Waals surface area contributed by atoms with E-state index in [0.717, 1.165) is 11.3 Å². The Morgan fingerprint density at radius 1 is 1.20 bits per heavy atom. The number of aryl methyl sites for hydroxylation is 1. The summed E-state index contributed by atoms with van der Waals surface area (Å²) >= 11 is 0. The molecule has 0 saturated carbocycles. The summed E-state index contributed by atoms with van der Waals surface area (Å²) < 4.78 is 10.8. The van der Waals surface area contributed by atoms with Gasteiger partial charge in [-0.25, -0.2) is 4.98 Å². The topological polar surface area (TPSA) is 97.0 Å². The first-order chi connectivity index (χ1) is 12.2. The lowest BCUT2D eigenvalue weighted by Gasteiger charge is -2.04. The number of nitrogens with one attached hydrogen (secondary N) is 2. The van der Waals surface area contributed by atoms with E-state index in [9.17, 15) is 4.79 Å². The minimum absolute atomic E-state index is 0.267. The van der Waals surface area contributed by atoms with Crippen molar-refractivity contribution in [2.75, 3.05) is 5.32 Å². The molecule has 0 aliphatic heterocycles. The number of rotatable bonds is 4. The number of hydrogen-bond donors (Lipinski definition) is 2. The Kier molecular flexibility index (Phi) is 3.66. The lowest BCUT2D eigenvalue weighted by Crippen LogP contribution is -2.12. The molecule has 4 aromatic rings. The summed E-state index contributed by atoms with van der Waals surface area (Å²) in [4.78, 5) is 16.6. The number of carbonyl (C=O) groups is 1. The van der Waals surface area contributed by atoms with Crippen LogP contribution >= 0.6 is 0 Å². The highest BCUT2D eigenvalue weighted by Gasteiger charge is 2.14. The van der Waals surface area contributed by atoms with Gasteiger partial charge in [0.25, 0.3) is 5.91 Å². The van der Waals surface area contributed by atoms with Crippen LogP contribution in [0.3, 0.4) is 0 Å². The predicted octanol–water partition coefficient (Wildman–Crippen LogP) is 3.89. The first-order valence-corrected chi connectivity index (χ1v) is 7.62. The van der Waals surface area contributed by atoms with Crippen molar-refractivity contribution in [3.63, 3.8) is 0 Å². The summed E-state index contributed by atoms with van der Waals surface area (Å²) in [6.45, 7) is 1.83. The maximum absolute atomic E-state index is 12.4. The SMILES string of the molecule is Cc1cnc(-c2cccc(NC(=O)c3cc(-c4ccco4)[nH]n3)c2)o1. The summed E-state index contributed by atoms with van der Waals surface area (Å²) in [7, 11) is 0. The van der Waals surface area contributed by atoms with Gasteiger partial charge in [-0.05, 0) is 37.3 Å². The van der Waals surface area contributed by atoms with Gasteiger partial charge in [0.2, 0.25) is 5.89 Å². The van der Waals surface area contributed by atoms with E-state index in [0.29, 0.717) is 23.0 Å². The number of aromatic amines is 1. The number of amides is 1. The van der Waals surface area contributed by atoms with Crippen molar-refractivity contribution in [1.29, 1.82) is 0 Å². The van der Waals surface area contributed by atoms with Crippen LogP contribution in [0.25, 0.3) is 22.9 Å². The van der Waals surface area contributed by atoms with E-state index in [-0.39, 0.29) is 11.6 Å². The molecule has 0 bridgehead atoms. The Hall–Kier alpha value is -3.61. The molecule has 0 unspecified atom stereocenters. The van der Waals surface area contributed by atoms with Gasteiger partial charge in [0, 0.05) is 17.3 Å². The Balaban J connectivity index is 1.53. The molecule has 7 nitrogen and oxygen atoms in total. The first kappa shape index (κ1) is 14.9. The number of carbonyl (C=O) groups excluding carboxylic acids is 1. The van der Waals surface area contributed by atoms with Crippen LogP contribution in [-0.4, -0.2) is 21.1 Å². The number of aromatic nitrogens is 3. The van der Waals surface area contributed by atoms with Crippen LogP contribution in [0.5, 0.6) is 0 Å². The van der Waals surface area contributed by atoms with Gasteiger partial charge in [-0.2, -0.15) is 5.10 Å². The largest absolute Gasteiger partial charge is 0.463 e. The highest BCUT2D eigenvalue weighted by atomic mass is 16.4. The molecule has 0 aliphatic carbocycles. The molecule has 7 heteroatoms. The van der Waals surface area contributed by atoms with Crippen LogP contribution in [0.15, 0.2) is 63.8 Å². The van der Waals surface area contributed by atoms with Crippen molar-refractivity contribution < 1.29 is 13.6 Å². The molecule has 25 heavy (non-hydrogen) atoms. The lowest BCUT2D eigenvalue weighted by molar-refractivity contribution is 0.102. The Morgan fingerprint density at radius 2 is 2.12 bits per heavy atom. The molecule has 3 heterocycles. The van der Waals surface area contributed by atoms with Crippen LogP contribution in [0.2, 0.25) is 0 Å². The summed E-state index contributed by atoms with van der Waals surface area (Å²) in [5.41, 5.74) is 2.31. The summed E-state index contributed by atoms with van der Waals surface area (Å²) in [6.07, 6.45) is 3.21. The molecule has 0 saturated heterocycles. The van der Waals surface area contributed by atoms with E-state index in [2.05, 4.69) is 20.5 Å². The number of benzene rings is 1. The molecule has 4 rings (SSSR count). The van der Waals surface area contributed by atoms with Crippen LogP contribution in [0.1, 0.15) is 16.2 Å². The molecule has 0 spiro atoms. The number of hydrogen-bond acceptors (Lipinski definition) is 5. The Bertz CT molecular complexity index is 1010. The van der Waals surface area contributed by atoms with E-state index >= 15 is 0 Å². The van der Waals surface area contributed by atoms with E-state index in [1.54, 1.807) is 42.8 Å². The van der Waals surface area contributed by atoms with Crippen molar-refractivity contribution in [3.05, 3.63) is 66.4 Å². The van der Waals surface area contributed by atoms with Gasteiger partial charge >= 0.3 is 0 Å². The second-order valence-corrected chi connectivity index (χ2v) is 5.46. The van der Waals surface area contributed by atoms with Gasteiger partial charge in [-0.1, -0.05) is 6.07 Å². The van der Waals surface area contributed by atoms with Crippen molar-refractivity contribution in [1.82, 2.24) is 15.2 Å². The maximum atomic E-state index is 12.4. The number of oxazole rings is 1. The summed E-state index contributed by atoms with van der Waals surface area (Å²) in [5.74, 6) is 1.53. The fourth-order valence-electron chi connectivity index (χ4n) is 2.41.